The van der Waals surface area contributed by atoms with Crippen molar-refractivity contribution in [3.63, 3.8) is 0 Å². The summed E-state index contributed by atoms with van der Waals surface area (Å²) in [5.41, 5.74) is 0. The van der Waals surface area contributed by atoms with Gasteiger partial charge >= 0.3 is 11.9 Å². The minimum Gasteiger partial charge on any atom is -0.481 e. The number of ether oxygens (including phenoxy) is 1. The third-order valence-corrected chi connectivity index (χ3v) is 5.86. The lowest BCUT2D eigenvalue weighted by atomic mass is 10.2. The van der Waals surface area contributed by atoms with Gasteiger partial charge in [-0.15, -0.1) is 0 Å². The van der Waals surface area contributed by atoms with Crippen LogP contribution >= 0.6 is 0 Å². The molecule has 1 unspecified atom stereocenters. The molecule has 0 amide bonds. The molecule has 3 atom stereocenters. The summed E-state index contributed by atoms with van der Waals surface area (Å²) >= 11 is 0. The molecule has 0 aliphatic heterocycles. The molecule has 124 valence electrons. The number of hydrogen-bond acceptors (Lipinski definition) is 5. The van der Waals surface area contributed by atoms with Gasteiger partial charge in [0.25, 0.3) is 0 Å². The van der Waals surface area contributed by atoms with Crippen molar-refractivity contribution in [1.82, 2.24) is 0 Å². The van der Waals surface area contributed by atoms with Gasteiger partial charge in [-0.2, -0.15) is 0 Å². The van der Waals surface area contributed by atoms with E-state index in [9.17, 15) is 18.0 Å². The van der Waals surface area contributed by atoms with Crippen molar-refractivity contribution in [2.75, 3.05) is 7.11 Å². The number of aliphatic carboxylic acids is 1. The number of carbonyl (C=O) groups excluding carboxylic acids is 1. The first-order valence-electron chi connectivity index (χ1n) is 7.14. The Morgan fingerprint density at radius 2 is 2.00 bits per heavy atom. The van der Waals surface area contributed by atoms with E-state index in [4.69, 9.17) is 5.11 Å². The zero-order chi connectivity index (χ0) is 17.0. The zero-order valence-corrected chi connectivity index (χ0v) is 13.4. The quantitative estimate of drug-likeness (QED) is 0.600. The number of rotatable bonds is 7. The number of allylic oxidation sites excluding steroid dienone is 2. The van der Waals surface area contributed by atoms with E-state index < -0.39 is 32.9 Å². The first kappa shape index (κ1) is 17.2. The maximum Gasteiger partial charge on any atom is 0.324 e. The van der Waals surface area contributed by atoms with Crippen molar-refractivity contribution in [3.05, 3.63) is 42.5 Å². The summed E-state index contributed by atoms with van der Waals surface area (Å²) < 4.78 is 29.7. The molecule has 1 saturated carbocycles. The van der Waals surface area contributed by atoms with Gasteiger partial charge in [0.05, 0.1) is 17.9 Å². The summed E-state index contributed by atoms with van der Waals surface area (Å²) in [5.74, 6) is -2.19. The number of carboxylic acids is 1. The SMILES string of the molecule is COC(=O)C(C/C=C/[C@H]1C[C@H]1C(=O)O)S(=O)(=O)c1ccccc1. The molecule has 0 saturated heterocycles. The van der Waals surface area contributed by atoms with Crippen LogP contribution in [-0.2, 0) is 24.2 Å². The van der Waals surface area contributed by atoms with Gasteiger partial charge in [-0.05, 0) is 30.9 Å². The van der Waals surface area contributed by atoms with E-state index in [-0.39, 0.29) is 17.2 Å². The predicted molar refractivity (Wildman–Crippen MR) is 82.4 cm³/mol. The van der Waals surface area contributed by atoms with Gasteiger partial charge in [0, 0.05) is 0 Å². The van der Waals surface area contributed by atoms with Crippen molar-refractivity contribution in [1.29, 1.82) is 0 Å². The highest BCUT2D eigenvalue weighted by atomic mass is 32.2. The lowest BCUT2D eigenvalue weighted by Gasteiger charge is -2.14. The molecule has 0 radical (unpaired) electrons. The van der Waals surface area contributed by atoms with E-state index in [1.807, 2.05) is 0 Å². The molecule has 0 bridgehead atoms. The molecule has 2 rings (SSSR count). The van der Waals surface area contributed by atoms with Crippen molar-refractivity contribution in [2.24, 2.45) is 11.8 Å². The van der Waals surface area contributed by atoms with Crippen LogP contribution in [-0.4, -0.2) is 37.8 Å². The molecule has 6 nitrogen and oxygen atoms in total. The van der Waals surface area contributed by atoms with E-state index in [1.54, 1.807) is 30.4 Å². The van der Waals surface area contributed by atoms with Gasteiger partial charge in [-0.1, -0.05) is 30.4 Å². The Morgan fingerprint density at radius 3 is 2.52 bits per heavy atom. The Hall–Kier alpha value is -2.15. The van der Waals surface area contributed by atoms with Crippen LogP contribution in [0.1, 0.15) is 12.8 Å². The molecule has 23 heavy (non-hydrogen) atoms. The highest BCUT2D eigenvalue weighted by Gasteiger charge is 2.41. The Labute approximate surface area is 134 Å². The number of carbonyl (C=O) groups is 2. The van der Waals surface area contributed by atoms with E-state index in [2.05, 4.69) is 4.74 Å². The minimum atomic E-state index is -3.86. The van der Waals surface area contributed by atoms with Crippen molar-refractivity contribution in [2.45, 2.75) is 23.0 Å². The van der Waals surface area contributed by atoms with Crippen molar-refractivity contribution >= 4 is 21.8 Å². The standard InChI is InChI=1S/C16H18O6S/c1-22-16(19)14(9-5-6-11-10-13(11)15(17)18)23(20,21)12-7-3-2-4-8-12/h2-8,11,13-14H,9-10H2,1H3,(H,17,18)/b6-5+/t11-,13+,14?/m0/s1. The molecule has 1 aromatic carbocycles. The topological polar surface area (TPSA) is 97.7 Å². The normalized spacial score (nSPS) is 21.8. The van der Waals surface area contributed by atoms with E-state index >= 15 is 0 Å². The molecule has 1 aliphatic rings. The van der Waals surface area contributed by atoms with Crippen molar-refractivity contribution in [3.8, 4) is 0 Å². The summed E-state index contributed by atoms with van der Waals surface area (Å²) in [7, 11) is -2.72. The summed E-state index contributed by atoms with van der Waals surface area (Å²) in [6.07, 6.45) is 3.71. The van der Waals surface area contributed by atoms with Gasteiger partial charge in [0.2, 0.25) is 0 Å². The Bertz CT molecular complexity index is 707. The van der Waals surface area contributed by atoms with Crippen LogP contribution in [0.3, 0.4) is 0 Å². The second-order valence-electron chi connectivity index (χ2n) is 5.38. The number of hydrogen-bond donors (Lipinski definition) is 1. The van der Waals surface area contributed by atoms with Gasteiger partial charge in [-0.3, -0.25) is 9.59 Å². The maximum atomic E-state index is 12.6. The van der Waals surface area contributed by atoms with Crippen LogP contribution in [0.15, 0.2) is 47.4 Å². The number of sulfone groups is 1. The fraction of sp³-hybridized carbons (Fsp3) is 0.375. The largest absolute Gasteiger partial charge is 0.481 e. The fourth-order valence-electron chi connectivity index (χ4n) is 2.34. The highest BCUT2D eigenvalue weighted by molar-refractivity contribution is 7.92. The van der Waals surface area contributed by atoms with Crippen molar-refractivity contribution < 1.29 is 27.9 Å². The van der Waals surface area contributed by atoms with Gasteiger partial charge in [0.1, 0.15) is 0 Å². The van der Waals surface area contributed by atoms with Crippen LogP contribution in [0.2, 0.25) is 0 Å². The monoisotopic (exact) mass is 338 g/mol. The second kappa shape index (κ2) is 6.95. The van der Waals surface area contributed by atoms with E-state index in [1.165, 1.54) is 12.1 Å². The highest BCUT2D eigenvalue weighted by Crippen LogP contribution is 2.39. The first-order chi connectivity index (χ1) is 10.9. The fourth-order valence-corrected chi connectivity index (χ4v) is 3.92. The molecule has 0 aromatic heterocycles. The number of methoxy groups -OCH3 is 1. The van der Waals surface area contributed by atoms with Gasteiger partial charge < -0.3 is 9.84 Å². The number of benzene rings is 1. The lowest BCUT2D eigenvalue weighted by molar-refractivity contribution is -0.140. The van der Waals surface area contributed by atoms with Crippen LogP contribution in [0, 0.1) is 11.8 Å². The summed E-state index contributed by atoms with van der Waals surface area (Å²) in [5, 5.41) is 7.49. The minimum absolute atomic E-state index is 0.0489. The molecule has 0 spiro atoms. The Kier molecular flexibility index (Phi) is 5.20. The third-order valence-electron chi connectivity index (χ3n) is 3.80. The van der Waals surface area contributed by atoms with Crippen LogP contribution in [0.5, 0.6) is 0 Å². The first-order valence-corrected chi connectivity index (χ1v) is 8.68. The van der Waals surface area contributed by atoms with Crippen LogP contribution < -0.4 is 0 Å². The molecular weight excluding hydrogens is 320 g/mol. The average Bonchev–Trinajstić information content (AvgIpc) is 3.31. The maximum absolute atomic E-state index is 12.6. The third kappa shape index (κ3) is 3.98. The van der Waals surface area contributed by atoms with Gasteiger partial charge in [-0.25, -0.2) is 8.42 Å². The summed E-state index contributed by atoms with van der Waals surface area (Å²) in [4.78, 5) is 22.7. The Morgan fingerprint density at radius 1 is 1.35 bits per heavy atom. The molecule has 0 heterocycles. The molecule has 7 heteroatoms. The molecule has 1 aliphatic carbocycles. The van der Waals surface area contributed by atoms with Crippen LogP contribution in [0.25, 0.3) is 0 Å². The van der Waals surface area contributed by atoms with E-state index in [0.29, 0.717) is 6.42 Å². The molecular formula is C16H18O6S. The van der Waals surface area contributed by atoms with Crippen LogP contribution in [0.4, 0.5) is 0 Å². The Balaban J connectivity index is 2.14. The smallest absolute Gasteiger partial charge is 0.324 e. The predicted octanol–water partition coefficient (Wildman–Crippen LogP) is 1.67. The average molecular weight is 338 g/mol. The summed E-state index contributed by atoms with van der Waals surface area (Å²) in [6.45, 7) is 0. The second-order valence-corrected chi connectivity index (χ2v) is 7.51. The number of esters is 1. The van der Waals surface area contributed by atoms with E-state index in [0.717, 1.165) is 7.11 Å². The molecule has 1 aromatic rings. The summed E-state index contributed by atoms with van der Waals surface area (Å²) in [6, 6.07) is 7.70. The lowest BCUT2D eigenvalue weighted by Crippen LogP contribution is -2.31. The zero-order valence-electron chi connectivity index (χ0n) is 12.6. The molecule has 1 N–H and O–H groups in total. The number of carboxylic acid groups (broad SMARTS) is 1. The van der Waals surface area contributed by atoms with Gasteiger partial charge in [0.15, 0.2) is 15.1 Å². The molecule has 1 fully saturated rings.